The van der Waals surface area contributed by atoms with Crippen LogP contribution in [0.1, 0.15) is 23.7 Å². The molecule has 1 aliphatic rings. The minimum absolute atomic E-state index is 0.0741. The molecule has 0 bridgehead atoms. The molecule has 4 rings (SSSR count). The van der Waals surface area contributed by atoms with Gasteiger partial charge >= 0.3 is 0 Å². The Morgan fingerprint density at radius 1 is 1.25 bits per heavy atom. The Labute approximate surface area is 172 Å². The third-order valence-corrected chi connectivity index (χ3v) is 5.38. The standard InChI is InChI=1S/C22H22BrN3O2/c1-15(23)12-26-20-6-4-3-5-19(20)24-22(26)17-11-21(27)25(14-17)13-16-7-9-18(28-2)10-8-16/h3-10,17H,1,11-14H2,2H3/t17-/m1/s1. The summed E-state index contributed by atoms with van der Waals surface area (Å²) >= 11 is 3.47. The van der Waals surface area contributed by atoms with Crippen molar-refractivity contribution >= 4 is 32.9 Å². The maximum atomic E-state index is 12.7. The normalized spacial score (nSPS) is 16.7. The van der Waals surface area contributed by atoms with Gasteiger partial charge in [0.05, 0.1) is 24.7 Å². The van der Waals surface area contributed by atoms with Crippen LogP contribution in [0.15, 0.2) is 59.6 Å². The monoisotopic (exact) mass is 439 g/mol. The molecule has 0 aliphatic carbocycles. The van der Waals surface area contributed by atoms with Gasteiger partial charge in [-0.25, -0.2) is 4.98 Å². The van der Waals surface area contributed by atoms with Crippen molar-refractivity contribution < 1.29 is 9.53 Å². The van der Waals surface area contributed by atoms with E-state index in [2.05, 4.69) is 33.1 Å². The highest BCUT2D eigenvalue weighted by Gasteiger charge is 2.34. The van der Waals surface area contributed by atoms with E-state index in [1.165, 1.54) is 0 Å². The molecule has 6 heteroatoms. The van der Waals surface area contributed by atoms with Crippen molar-refractivity contribution in [1.82, 2.24) is 14.5 Å². The SMILES string of the molecule is C=C(Br)Cn1c([C@@H]2CC(=O)N(Cc3ccc(OC)cc3)C2)nc2ccccc21. The number of carbonyl (C=O) groups excluding carboxylic acids is 1. The van der Waals surface area contributed by atoms with E-state index in [4.69, 9.17) is 9.72 Å². The zero-order valence-electron chi connectivity index (χ0n) is 15.8. The highest BCUT2D eigenvalue weighted by Crippen LogP contribution is 2.32. The van der Waals surface area contributed by atoms with Crippen LogP contribution in [0.4, 0.5) is 0 Å². The minimum atomic E-state index is 0.0741. The number of aromatic nitrogens is 2. The van der Waals surface area contributed by atoms with Gasteiger partial charge in [0.15, 0.2) is 0 Å². The molecule has 1 aromatic heterocycles. The van der Waals surface area contributed by atoms with Gasteiger partial charge in [-0.1, -0.05) is 46.8 Å². The number of para-hydroxylation sites is 2. The molecule has 0 N–H and O–H groups in total. The predicted molar refractivity (Wildman–Crippen MR) is 114 cm³/mol. The summed E-state index contributed by atoms with van der Waals surface area (Å²) in [5.41, 5.74) is 3.11. The molecule has 3 aromatic rings. The number of fused-ring (bicyclic) bond motifs is 1. The molecule has 1 fully saturated rings. The van der Waals surface area contributed by atoms with Crippen molar-refractivity contribution in [3.05, 3.63) is 71.0 Å². The molecule has 1 saturated heterocycles. The Bertz CT molecular complexity index is 1030. The van der Waals surface area contributed by atoms with Crippen LogP contribution in [0.3, 0.4) is 0 Å². The third-order valence-electron chi connectivity index (χ3n) is 5.13. The molecular weight excluding hydrogens is 418 g/mol. The van der Waals surface area contributed by atoms with Crippen LogP contribution >= 0.6 is 15.9 Å². The van der Waals surface area contributed by atoms with Gasteiger partial charge in [-0.05, 0) is 29.8 Å². The first-order valence-corrected chi connectivity index (χ1v) is 10.0. The number of carbonyl (C=O) groups is 1. The number of allylic oxidation sites excluding steroid dienone is 1. The van der Waals surface area contributed by atoms with Gasteiger partial charge in [0.1, 0.15) is 11.6 Å². The zero-order chi connectivity index (χ0) is 19.7. The molecule has 0 spiro atoms. The van der Waals surface area contributed by atoms with Crippen molar-refractivity contribution in [3.63, 3.8) is 0 Å². The summed E-state index contributed by atoms with van der Waals surface area (Å²) in [5, 5.41) is 0. The second-order valence-corrected chi connectivity index (χ2v) is 8.21. The summed E-state index contributed by atoms with van der Waals surface area (Å²) < 4.78 is 8.26. The van der Waals surface area contributed by atoms with E-state index in [1.807, 2.05) is 47.4 Å². The number of amides is 1. The number of benzene rings is 2. The number of halogens is 1. The number of methoxy groups -OCH3 is 1. The Balaban J connectivity index is 1.58. The van der Waals surface area contributed by atoms with E-state index in [9.17, 15) is 4.79 Å². The summed E-state index contributed by atoms with van der Waals surface area (Å²) in [6, 6.07) is 15.9. The first kappa shape index (κ1) is 18.7. The number of ether oxygens (including phenoxy) is 1. The maximum absolute atomic E-state index is 12.7. The molecule has 2 heterocycles. The number of hydrogen-bond acceptors (Lipinski definition) is 3. The summed E-state index contributed by atoms with van der Waals surface area (Å²) in [6.07, 6.45) is 0.480. The summed E-state index contributed by atoms with van der Waals surface area (Å²) in [6.45, 7) is 5.89. The average molecular weight is 440 g/mol. The van der Waals surface area contributed by atoms with Gasteiger partial charge < -0.3 is 14.2 Å². The molecule has 144 valence electrons. The lowest BCUT2D eigenvalue weighted by molar-refractivity contribution is -0.128. The highest BCUT2D eigenvalue weighted by atomic mass is 79.9. The number of imidazole rings is 1. The first-order chi connectivity index (χ1) is 13.5. The summed E-state index contributed by atoms with van der Waals surface area (Å²) in [4.78, 5) is 19.4. The van der Waals surface area contributed by atoms with Gasteiger partial charge in [0.2, 0.25) is 5.91 Å². The van der Waals surface area contributed by atoms with Crippen LogP contribution < -0.4 is 4.74 Å². The van der Waals surface area contributed by atoms with Crippen LogP contribution in [0.5, 0.6) is 5.75 Å². The van der Waals surface area contributed by atoms with Gasteiger partial charge in [-0.15, -0.1) is 0 Å². The lowest BCUT2D eigenvalue weighted by atomic mass is 10.1. The lowest BCUT2D eigenvalue weighted by Crippen LogP contribution is -2.24. The lowest BCUT2D eigenvalue weighted by Gasteiger charge is -2.17. The number of hydrogen-bond donors (Lipinski definition) is 0. The van der Waals surface area contributed by atoms with Crippen molar-refractivity contribution in [3.8, 4) is 5.75 Å². The van der Waals surface area contributed by atoms with Gasteiger partial charge in [-0.2, -0.15) is 0 Å². The molecule has 1 atom stereocenters. The number of nitrogens with zero attached hydrogens (tertiary/aromatic N) is 3. The summed E-state index contributed by atoms with van der Waals surface area (Å²) in [5.74, 6) is 2.01. The Morgan fingerprint density at radius 2 is 2.00 bits per heavy atom. The molecule has 0 radical (unpaired) electrons. The van der Waals surface area contributed by atoms with E-state index in [-0.39, 0.29) is 11.8 Å². The zero-order valence-corrected chi connectivity index (χ0v) is 17.4. The predicted octanol–water partition coefficient (Wildman–Crippen LogP) is 4.47. The van der Waals surface area contributed by atoms with E-state index in [1.54, 1.807) is 7.11 Å². The van der Waals surface area contributed by atoms with Gasteiger partial charge in [0, 0.05) is 29.9 Å². The van der Waals surface area contributed by atoms with Crippen LogP contribution in [0.25, 0.3) is 11.0 Å². The van der Waals surface area contributed by atoms with Crippen LogP contribution in [-0.2, 0) is 17.9 Å². The highest BCUT2D eigenvalue weighted by molar-refractivity contribution is 9.11. The number of rotatable bonds is 6. The molecule has 0 unspecified atom stereocenters. The molecule has 1 amide bonds. The largest absolute Gasteiger partial charge is 0.497 e. The smallest absolute Gasteiger partial charge is 0.223 e. The van der Waals surface area contributed by atoms with E-state index in [0.29, 0.717) is 26.1 Å². The van der Waals surface area contributed by atoms with E-state index >= 15 is 0 Å². The van der Waals surface area contributed by atoms with Crippen LogP contribution in [-0.4, -0.2) is 34.0 Å². The quantitative estimate of drug-likeness (QED) is 0.569. The van der Waals surface area contributed by atoms with E-state index in [0.717, 1.165) is 32.7 Å². The molecule has 5 nitrogen and oxygen atoms in total. The molecule has 2 aromatic carbocycles. The minimum Gasteiger partial charge on any atom is -0.497 e. The molecule has 1 aliphatic heterocycles. The van der Waals surface area contributed by atoms with Gasteiger partial charge in [0.25, 0.3) is 0 Å². The maximum Gasteiger partial charge on any atom is 0.223 e. The first-order valence-electron chi connectivity index (χ1n) is 9.24. The number of likely N-dealkylation sites (tertiary alicyclic amines) is 1. The third kappa shape index (κ3) is 3.69. The van der Waals surface area contributed by atoms with Crippen LogP contribution in [0.2, 0.25) is 0 Å². The Morgan fingerprint density at radius 3 is 2.71 bits per heavy atom. The second kappa shape index (κ2) is 7.80. The fourth-order valence-corrected chi connectivity index (χ4v) is 4.04. The fourth-order valence-electron chi connectivity index (χ4n) is 3.79. The van der Waals surface area contributed by atoms with Crippen molar-refractivity contribution in [1.29, 1.82) is 0 Å². The Hall–Kier alpha value is -2.60. The van der Waals surface area contributed by atoms with Crippen molar-refractivity contribution in [2.24, 2.45) is 0 Å². The fraction of sp³-hybridized carbons (Fsp3) is 0.273. The van der Waals surface area contributed by atoms with Crippen molar-refractivity contribution in [2.45, 2.75) is 25.4 Å². The van der Waals surface area contributed by atoms with Crippen molar-refractivity contribution in [2.75, 3.05) is 13.7 Å². The molecule has 0 saturated carbocycles. The average Bonchev–Trinajstić information content (AvgIpc) is 3.23. The van der Waals surface area contributed by atoms with Gasteiger partial charge in [-0.3, -0.25) is 4.79 Å². The second-order valence-electron chi connectivity index (χ2n) is 7.09. The van der Waals surface area contributed by atoms with E-state index < -0.39 is 0 Å². The Kier molecular flexibility index (Phi) is 5.22. The summed E-state index contributed by atoms with van der Waals surface area (Å²) in [7, 11) is 1.65. The molecular formula is C22H22BrN3O2. The molecule has 28 heavy (non-hydrogen) atoms. The van der Waals surface area contributed by atoms with Crippen LogP contribution in [0, 0.1) is 0 Å². The topological polar surface area (TPSA) is 47.4 Å².